The maximum absolute atomic E-state index is 13.1. The first-order chi connectivity index (χ1) is 9.45. The Kier molecular flexibility index (Phi) is 2.88. The van der Waals surface area contributed by atoms with Crippen molar-refractivity contribution in [1.82, 2.24) is 9.97 Å². The van der Waals surface area contributed by atoms with Crippen LogP contribution in [0.4, 0.5) is 14.7 Å². The van der Waals surface area contributed by atoms with Gasteiger partial charge in [-0.2, -0.15) is 0 Å². The summed E-state index contributed by atoms with van der Waals surface area (Å²) < 4.78 is 31.2. The lowest BCUT2D eigenvalue weighted by molar-refractivity contribution is 0.0524. The Morgan fingerprint density at radius 2 is 2.15 bits per heavy atom. The van der Waals surface area contributed by atoms with Gasteiger partial charge in [0.15, 0.2) is 0 Å². The molecule has 0 radical (unpaired) electrons. The van der Waals surface area contributed by atoms with Gasteiger partial charge in [0.25, 0.3) is 5.92 Å². The minimum atomic E-state index is -2.52. The summed E-state index contributed by atoms with van der Waals surface area (Å²) in [5.41, 5.74) is 0.811. The molecule has 1 saturated carbocycles. The first-order valence-electron chi connectivity index (χ1n) is 6.58. The monoisotopic (exact) mass is 283 g/mol. The highest BCUT2D eigenvalue weighted by Gasteiger charge is 2.71. The molecule has 2 unspecified atom stereocenters. The van der Waals surface area contributed by atoms with Gasteiger partial charge >= 0.3 is 5.97 Å². The van der Waals surface area contributed by atoms with Crippen LogP contribution in [0.5, 0.6) is 0 Å². The van der Waals surface area contributed by atoms with Crippen LogP contribution in [0.3, 0.4) is 0 Å². The Labute approximate surface area is 115 Å². The zero-order chi connectivity index (χ0) is 14.5. The first-order valence-corrected chi connectivity index (χ1v) is 6.58. The van der Waals surface area contributed by atoms with Crippen LogP contribution >= 0.6 is 0 Å². The number of hydrogen-bond acceptors (Lipinski definition) is 5. The number of carbonyl (C=O) groups is 1. The molecule has 1 aromatic rings. The normalized spacial score (nSPS) is 26.3. The Bertz CT molecular complexity index is 551. The zero-order valence-electron chi connectivity index (χ0n) is 11.3. The van der Waals surface area contributed by atoms with Crippen molar-refractivity contribution in [2.75, 3.05) is 24.6 Å². The van der Waals surface area contributed by atoms with Crippen molar-refractivity contribution in [3.8, 4) is 0 Å². The summed E-state index contributed by atoms with van der Waals surface area (Å²) in [6.07, 6.45) is 1.40. The van der Waals surface area contributed by atoms with E-state index in [-0.39, 0.29) is 19.7 Å². The van der Waals surface area contributed by atoms with Crippen molar-refractivity contribution in [2.24, 2.45) is 11.8 Å². The molecule has 2 aliphatic rings. The van der Waals surface area contributed by atoms with Gasteiger partial charge < -0.3 is 9.64 Å². The molecule has 1 aliphatic heterocycles. The number of rotatable bonds is 3. The van der Waals surface area contributed by atoms with Gasteiger partial charge in [-0.15, -0.1) is 0 Å². The standard InChI is InChI=1S/C13H15F2N3O2/c1-3-20-11(19)8-4-16-12(17-7(8)2)18-5-9-10(6-18)13(9,14)15/h4,9-10H,3,5-6H2,1-2H3. The molecule has 2 fully saturated rings. The van der Waals surface area contributed by atoms with Crippen LogP contribution in [0.15, 0.2) is 6.20 Å². The van der Waals surface area contributed by atoms with Gasteiger partial charge in [0.1, 0.15) is 0 Å². The summed E-state index contributed by atoms with van der Waals surface area (Å²) in [6, 6.07) is 0. The second-order valence-electron chi connectivity index (χ2n) is 5.18. The number of aromatic nitrogens is 2. The van der Waals surface area contributed by atoms with Crippen LogP contribution in [0, 0.1) is 18.8 Å². The number of alkyl halides is 2. The van der Waals surface area contributed by atoms with E-state index in [4.69, 9.17) is 4.74 Å². The summed E-state index contributed by atoms with van der Waals surface area (Å²) in [5.74, 6) is -3.73. The van der Waals surface area contributed by atoms with Crippen LogP contribution in [0.1, 0.15) is 23.0 Å². The highest BCUT2D eigenvalue weighted by molar-refractivity contribution is 5.90. The van der Waals surface area contributed by atoms with Crippen LogP contribution in [-0.2, 0) is 4.74 Å². The van der Waals surface area contributed by atoms with Gasteiger partial charge in [0.05, 0.1) is 29.7 Å². The molecule has 7 heteroatoms. The number of aryl methyl sites for hydroxylation is 1. The van der Waals surface area contributed by atoms with E-state index in [9.17, 15) is 13.6 Å². The largest absolute Gasteiger partial charge is 0.462 e. The Hall–Kier alpha value is -1.79. The van der Waals surface area contributed by atoms with E-state index in [1.807, 2.05) is 0 Å². The molecule has 0 spiro atoms. The molecule has 108 valence electrons. The summed E-state index contributed by atoms with van der Waals surface area (Å²) in [7, 11) is 0. The van der Waals surface area contributed by atoms with Crippen LogP contribution in [-0.4, -0.2) is 41.6 Å². The van der Waals surface area contributed by atoms with Crippen molar-refractivity contribution in [1.29, 1.82) is 0 Å². The van der Waals surface area contributed by atoms with E-state index < -0.39 is 23.7 Å². The van der Waals surface area contributed by atoms with E-state index in [1.165, 1.54) is 6.20 Å². The number of anilines is 1. The van der Waals surface area contributed by atoms with Crippen molar-refractivity contribution in [3.63, 3.8) is 0 Å². The van der Waals surface area contributed by atoms with E-state index >= 15 is 0 Å². The Morgan fingerprint density at radius 3 is 2.70 bits per heavy atom. The smallest absolute Gasteiger partial charge is 0.341 e. The molecule has 0 aromatic carbocycles. The van der Waals surface area contributed by atoms with Gasteiger partial charge in [0.2, 0.25) is 5.95 Å². The van der Waals surface area contributed by atoms with Gasteiger partial charge in [0, 0.05) is 19.3 Å². The fourth-order valence-electron chi connectivity index (χ4n) is 2.69. The molecule has 1 aromatic heterocycles. The summed E-state index contributed by atoms with van der Waals surface area (Å²) in [4.78, 5) is 21.7. The Balaban J connectivity index is 1.74. The Morgan fingerprint density at radius 1 is 1.50 bits per heavy atom. The second kappa shape index (κ2) is 4.36. The number of fused-ring (bicyclic) bond motifs is 1. The molecule has 1 saturated heterocycles. The molecule has 5 nitrogen and oxygen atoms in total. The summed E-state index contributed by atoms with van der Waals surface area (Å²) in [5, 5.41) is 0. The minimum absolute atomic E-state index is 0.274. The van der Waals surface area contributed by atoms with E-state index in [1.54, 1.807) is 18.7 Å². The molecule has 0 bridgehead atoms. The summed E-state index contributed by atoms with van der Waals surface area (Å²) >= 11 is 0. The maximum atomic E-state index is 13.1. The molecule has 2 atom stereocenters. The molecule has 1 aliphatic carbocycles. The summed E-state index contributed by atoms with van der Waals surface area (Å²) in [6.45, 7) is 4.23. The lowest BCUT2D eigenvalue weighted by Crippen LogP contribution is -2.29. The maximum Gasteiger partial charge on any atom is 0.341 e. The minimum Gasteiger partial charge on any atom is -0.462 e. The third kappa shape index (κ3) is 1.92. The van der Waals surface area contributed by atoms with Gasteiger partial charge in [-0.05, 0) is 13.8 Å². The van der Waals surface area contributed by atoms with Gasteiger partial charge in [-0.1, -0.05) is 0 Å². The lowest BCUT2D eigenvalue weighted by Gasteiger charge is -2.20. The third-order valence-corrected chi connectivity index (χ3v) is 3.94. The van der Waals surface area contributed by atoms with Crippen LogP contribution < -0.4 is 4.90 Å². The molecule has 20 heavy (non-hydrogen) atoms. The number of esters is 1. The predicted octanol–water partition coefficient (Wildman–Crippen LogP) is 1.66. The number of hydrogen-bond donors (Lipinski definition) is 0. The molecule has 0 N–H and O–H groups in total. The van der Waals surface area contributed by atoms with E-state index in [2.05, 4.69) is 9.97 Å². The third-order valence-electron chi connectivity index (χ3n) is 3.94. The average Bonchev–Trinajstić information content (AvgIpc) is 2.80. The second-order valence-corrected chi connectivity index (χ2v) is 5.18. The van der Waals surface area contributed by atoms with Gasteiger partial charge in [-0.25, -0.2) is 23.5 Å². The predicted molar refractivity (Wildman–Crippen MR) is 66.9 cm³/mol. The fourth-order valence-corrected chi connectivity index (χ4v) is 2.69. The van der Waals surface area contributed by atoms with Gasteiger partial charge in [-0.3, -0.25) is 0 Å². The van der Waals surface area contributed by atoms with Crippen molar-refractivity contribution >= 4 is 11.9 Å². The molecular formula is C13H15F2N3O2. The highest BCUT2D eigenvalue weighted by atomic mass is 19.3. The van der Waals surface area contributed by atoms with Crippen molar-refractivity contribution in [3.05, 3.63) is 17.5 Å². The zero-order valence-corrected chi connectivity index (χ0v) is 11.3. The quantitative estimate of drug-likeness (QED) is 0.790. The molecule has 0 amide bonds. The molecule has 3 rings (SSSR count). The number of piperidine rings is 1. The topological polar surface area (TPSA) is 55.3 Å². The molecule has 2 heterocycles. The van der Waals surface area contributed by atoms with Crippen LogP contribution in [0.2, 0.25) is 0 Å². The van der Waals surface area contributed by atoms with E-state index in [0.29, 0.717) is 17.2 Å². The highest BCUT2D eigenvalue weighted by Crippen LogP contribution is 2.59. The number of halogens is 2. The van der Waals surface area contributed by atoms with Crippen LogP contribution in [0.25, 0.3) is 0 Å². The lowest BCUT2D eigenvalue weighted by atomic mass is 10.2. The SMILES string of the molecule is CCOC(=O)c1cnc(N2CC3C(C2)C3(F)F)nc1C. The van der Waals surface area contributed by atoms with Crippen molar-refractivity contribution < 1.29 is 18.3 Å². The fraction of sp³-hybridized carbons (Fsp3) is 0.615. The first kappa shape index (κ1) is 13.2. The average molecular weight is 283 g/mol. The van der Waals surface area contributed by atoms with E-state index in [0.717, 1.165) is 0 Å². The number of carbonyl (C=O) groups excluding carboxylic acids is 1. The number of ether oxygens (including phenoxy) is 1. The molecular weight excluding hydrogens is 268 g/mol. The number of nitrogens with zero attached hydrogens (tertiary/aromatic N) is 3. The van der Waals surface area contributed by atoms with Crippen molar-refractivity contribution in [2.45, 2.75) is 19.8 Å².